The van der Waals surface area contributed by atoms with Crippen LogP contribution >= 0.6 is 0 Å². The normalized spacial score (nSPS) is 34.9. The van der Waals surface area contributed by atoms with Crippen LogP contribution in [0.3, 0.4) is 0 Å². The van der Waals surface area contributed by atoms with Gasteiger partial charge in [0.25, 0.3) is 0 Å². The van der Waals surface area contributed by atoms with E-state index in [1.165, 1.54) is 32.4 Å². The van der Waals surface area contributed by atoms with Crippen LogP contribution in [-0.2, 0) is 18.9 Å². The van der Waals surface area contributed by atoms with E-state index < -0.39 is 0 Å². The van der Waals surface area contributed by atoms with Gasteiger partial charge >= 0.3 is 0 Å². The molecule has 0 bridgehead atoms. The molecule has 0 amide bonds. The fourth-order valence-electron chi connectivity index (χ4n) is 4.44. The van der Waals surface area contributed by atoms with Crippen molar-refractivity contribution in [3.8, 4) is 0 Å². The predicted molar refractivity (Wildman–Crippen MR) is 76.8 cm³/mol. The van der Waals surface area contributed by atoms with E-state index in [1.807, 2.05) is 0 Å². The highest BCUT2D eigenvalue weighted by Crippen LogP contribution is 2.40. The molecule has 0 N–H and O–H groups in total. The highest BCUT2D eigenvalue weighted by atomic mass is 79.9. The van der Waals surface area contributed by atoms with Gasteiger partial charge in [-0.1, -0.05) is 0 Å². The molecule has 0 radical (unpaired) electrons. The minimum Gasteiger partial charge on any atom is -1.00 e. The number of piperidine rings is 1. The van der Waals surface area contributed by atoms with Gasteiger partial charge < -0.3 is 40.4 Å². The van der Waals surface area contributed by atoms with Crippen molar-refractivity contribution in [2.45, 2.75) is 43.6 Å². The molecule has 0 saturated carbocycles. The molecule has 6 heteroatoms. The van der Waals surface area contributed by atoms with Gasteiger partial charge in [-0.2, -0.15) is 0 Å². The van der Waals surface area contributed by atoms with Crippen molar-refractivity contribution in [3.63, 3.8) is 0 Å². The first-order chi connectivity index (χ1) is 9.75. The van der Waals surface area contributed by atoms with E-state index in [4.69, 9.17) is 18.9 Å². The Labute approximate surface area is 139 Å². The van der Waals surface area contributed by atoms with Crippen LogP contribution in [-0.4, -0.2) is 83.5 Å². The van der Waals surface area contributed by atoms with Gasteiger partial charge in [0.15, 0.2) is 0 Å². The summed E-state index contributed by atoms with van der Waals surface area (Å²) in [6.07, 6.45) is 4.03. The van der Waals surface area contributed by atoms with Crippen LogP contribution < -0.4 is 17.0 Å². The van der Waals surface area contributed by atoms with Crippen molar-refractivity contribution >= 4 is 0 Å². The van der Waals surface area contributed by atoms with Gasteiger partial charge in [0.2, 0.25) is 0 Å². The monoisotopic (exact) mass is 367 g/mol. The number of hydrogen-bond donors (Lipinski definition) is 0. The zero-order valence-electron chi connectivity index (χ0n) is 13.7. The molecule has 1 spiro atoms. The number of methoxy groups -OCH3 is 4. The van der Waals surface area contributed by atoms with Crippen LogP contribution in [0.5, 0.6) is 0 Å². The summed E-state index contributed by atoms with van der Waals surface area (Å²) in [6, 6.07) is 0.686. The molecular weight excluding hydrogens is 338 g/mol. The summed E-state index contributed by atoms with van der Waals surface area (Å²) in [7, 11) is 7.13. The molecule has 0 aromatic rings. The fraction of sp³-hybridized carbons (Fsp3) is 1.00. The van der Waals surface area contributed by atoms with E-state index >= 15 is 0 Å². The van der Waals surface area contributed by atoms with Crippen LogP contribution in [0.15, 0.2) is 0 Å². The maximum atomic E-state index is 5.81. The van der Waals surface area contributed by atoms with Gasteiger partial charge in [-0.25, -0.2) is 0 Å². The Morgan fingerprint density at radius 1 is 0.762 bits per heavy atom. The lowest BCUT2D eigenvalue weighted by Crippen LogP contribution is -3.00. The van der Waals surface area contributed by atoms with Crippen LogP contribution in [0.4, 0.5) is 0 Å². The maximum Gasteiger partial charge on any atom is 0.143 e. The molecule has 2 aliphatic rings. The van der Waals surface area contributed by atoms with Gasteiger partial charge in [-0.05, 0) is 19.3 Å². The SMILES string of the molecule is COC[C@H]1[C@@H](OC)[C@H](OC)[C@H](COC)[N+]12CCCCC2.[Br-]. The van der Waals surface area contributed by atoms with E-state index in [-0.39, 0.29) is 29.2 Å². The second-order valence-corrected chi connectivity index (χ2v) is 6.06. The third kappa shape index (κ3) is 3.46. The molecule has 0 aliphatic carbocycles. The van der Waals surface area contributed by atoms with E-state index in [0.29, 0.717) is 12.1 Å². The van der Waals surface area contributed by atoms with Gasteiger partial charge in [0.05, 0.1) is 13.1 Å². The Morgan fingerprint density at radius 2 is 1.19 bits per heavy atom. The van der Waals surface area contributed by atoms with Gasteiger partial charge in [-0.15, -0.1) is 0 Å². The zero-order valence-corrected chi connectivity index (χ0v) is 15.3. The first kappa shape index (κ1) is 19.3. The lowest BCUT2D eigenvalue weighted by atomic mass is 10.0. The third-order valence-electron chi connectivity index (χ3n) is 5.27. The van der Waals surface area contributed by atoms with Crippen LogP contribution in [0, 0.1) is 0 Å². The van der Waals surface area contributed by atoms with Crippen LogP contribution in [0.2, 0.25) is 0 Å². The van der Waals surface area contributed by atoms with Crippen LogP contribution in [0.1, 0.15) is 19.3 Å². The molecule has 2 rings (SSSR count). The molecule has 2 fully saturated rings. The summed E-state index contributed by atoms with van der Waals surface area (Å²) >= 11 is 0. The van der Waals surface area contributed by atoms with Crippen LogP contribution in [0.25, 0.3) is 0 Å². The maximum absolute atomic E-state index is 5.81. The number of quaternary nitrogens is 1. The highest BCUT2D eigenvalue weighted by Gasteiger charge is 2.61. The minimum atomic E-state index is 0. The zero-order chi connectivity index (χ0) is 14.6. The average Bonchev–Trinajstić information content (AvgIpc) is 2.71. The molecular formula is C15H30BrNO4. The van der Waals surface area contributed by atoms with E-state index in [9.17, 15) is 0 Å². The molecule has 5 nitrogen and oxygen atoms in total. The lowest BCUT2D eigenvalue weighted by molar-refractivity contribution is -0.968. The first-order valence-electron chi connectivity index (χ1n) is 7.65. The van der Waals surface area contributed by atoms with Crippen molar-refractivity contribution in [1.29, 1.82) is 0 Å². The summed E-state index contributed by atoms with van der Waals surface area (Å²) in [5, 5.41) is 0. The second kappa shape index (κ2) is 8.79. The molecule has 0 unspecified atom stereocenters. The molecule has 2 heterocycles. The standard InChI is InChI=1S/C15H30NO4.BrH/c1-17-10-12-14(19-3)15(20-4)13(11-18-2)16(12)8-6-5-7-9-16;/h12-15H,5-11H2,1-4H3;1H/q+1;/p-1/t12-,13-,14+,15+;/m0./s1. The Balaban J connectivity index is 0.00000220. The Morgan fingerprint density at radius 3 is 1.52 bits per heavy atom. The van der Waals surface area contributed by atoms with E-state index in [1.54, 1.807) is 28.4 Å². The Kier molecular flexibility index (Phi) is 8.09. The molecule has 2 saturated heterocycles. The lowest BCUT2D eigenvalue weighted by Gasteiger charge is -2.47. The molecule has 126 valence electrons. The van der Waals surface area contributed by atoms with Crippen molar-refractivity contribution in [3.05, 3.63) is 0 Å². The second-order valence-electron chi connectivity index (χ2n) is 6.06. The minimum absolute atomic E-state index is 0. The quantitative estimate of drug-likeness (QED) is 0.512. The summed E-state index contributed by atoms with van der Waals surface area (Å²) in [5.41, 5.74) is 0. The molecule has 0 aromatic heterocycles. The van der Waals surface area contributed by atoms with E-state index in [0.717, 1.165) is 17.7 Å². The topological polar surface area (TPSA) is 36.9 Å². The third-order valence-corrected chi connectivity index (χ3v) is 5.27. The van der Waals surface area contributed by atoms with Gasteiger partial charge in [0, 0.05) is 28.4 Å². The smallest absolute Gasteiger partial charge is 0.143 e. The number of hydrogen-bond acceptors (Lipinski definition) is 4. The van der Waals surface area contributed by atoms with Crippen molar-refractivity contribution in [2.75, 3.05) is 54.7 Å². The molecule has 21 heavy (non-hydrogen) atoms. The predicted octanol–water partition coefficient (Wildman–Crippen LogP) is -1.94. The van der Waals surface area contributed by atoms with Crippen molar-refractivity contribution in [2.24, 2.45) is 0 Å². The molecule has 0 aromatic carbocycles. The van der Waals surface area contributed by atoms with Gasteiger partial charge in [0.1, 0.15) is 37.5 Å². The summed E-state index contributed by atoms with van der Waals surface area (Å²) < 4.78 is 23.7. The summed E-state index contributed by atoms with van der Waals surface area (Å²) in [4.78, 5) is 0. The summed E-state index contributed by atoms with van der Waals surface area (Å²) in [5.74, 6) is 0. The largest absolute Gasteiger partial charge is 1.00 e. The number of halogens is 1. The number of nitrogens with zero attached hydrogens (tertiary/aromatic N) is 1. The Bertz CT molecular complexity index is 277. The molecule has 2 aliphatic heterocycles. The molecule has 4 atom stereocenters. The number of ether oxygens (including phenoxy) is 4. The number of rotatable bonds is 6. The fourth-order valence-corrected chi connectivity index (χ4v) is 4.44. The van der Waals surface area contributed by atoms with Crippen molar-refractivity contribution in [1.82, 2.24) is 0 Å². The van der Waals surface area contributed by atoms with E-state index in [2.05, 4.69) is 0 Å². The van der Waals surface area contributed by atoms with Crippen molar-refractivity contribution < 1.29 is 40.4 Å². The average molecular weight is 368 g/mol. The van der Waals surface area contributed by atoms with Gasteiger partial charge in [-0.3, -0.25) is 0 Å². The highest BCUT2D eigenvalue weighted by molar-refractivity contribution is 4.95. The first-order valence-corrected chi connectivity index (χ1v) is 7.65. The summed E-state index contributed by atoms with van der Waals surface area (Å²) in [6.45, 7) is 3.81. The Hall–Kier alpha value is 0.280.